The van der Waals surface area contributed by atoms with Gasteiger partial charge in [-0.3, -0.25) is 0 Å². The summed E-state index contributed by atoms with van der Waals surface area (Å²) in [5.41, 5.74) is 4.41. The van der Waals surface area contributed by atoms with E-state index in [9.17, 15) is 4.79 Å². The summed E-state index contributed by atoms with van der Waals surface area (Å²) < 4.78 is 11.6. The van der Waals surface area contributed by atoms with Crippen LogP contribution in [0, 0.1) is 20.8 Å². The highest BCUT2D eigenvalue weighted by Gasteiger charge is 2.10. The lowest BCUT2D eigenvalue weighted by molar-refractivity contribution is 0.0691. The van der Waals surface area contributed by atoms with E-state index in [1.54, 1.807) is 0 Å². The first-order valence-electron chi connectivity index (χ1n) is 8.57. The standard InChI is InChI=1S/C21H21NO4S/c1-13-4-5-14(2)19(15(13)3)26-11-10-25-17-8-6-16(7-9-17)20-22-18(12-27-20)21(23)24/h4-9,12H,10-11H2,1-3H3,(H,23,24). The lowest BCUT2D eigenvalue weighted by atomic mass is 10.1. The lowest BCUT2D eigenvalue weighted by Gasteiger charge is -2.14. The van der Waals surface area contributed by atoms with Crippen LogP contribution in [-0.4, -0.2) is 29.3 Å². The van der Waals surface area contributed by atoms with Crippen molar-refractivity contribution in [3.63, 3.8) is 0 Å². The largest absolute Gasteiger partial charge is 0.490 e. The summed E-state index contributed by atoms with van der Waals surface area (Å²) in [6.07, 6.45) is 0. The fraction of sp³-hybridized carbons (Fsp3) is 0.238. The lowest BCUT2D eigenvalue weighted by Crippen LogP contribution is -2.10. The van der Waals surface area contributed by atoms with Crippen LogP contribution in [0.3, 0.4) is 0 Å². The van der Waals surface area contributed by atoms with E-state index in [1.807, 2.05) is 31.2 Å². The molecule has 1 N–H and O–H groups in total. The smallest absolute Gasteiger partial charge is 0.355 e. The predicted molar refractivity (Wildman–Crippen MR) is 106 cm³/mol. The summed E-state index contributed by atoms with van der Waals surface area (Å²) in [5.74, 6) is 0.638. The summed E-state index contributed by atoms with van der Waals surface area (Å²) >= 11 is 1.31. The van der Waals surface area contributed by atoms with E-state index in [-0.39, 0.29) is 5.69 Å². The first kappa shape index (κ1) is 18.9. The van der Waals surface area contributed by atoms with Crippen molar-refractivity contribution in [1.29, 1.82) is 0 Å². The highest BCUT2D eigenvalue weighted by molar-refractivity contribution is 7.13. The van der Waals surface area contributed by atoms with Crippen LogP contribution in [0.1, 0.15) is 27.2 Å². The summed E-state index contributed by atoms with van der Waals surface area (Å²) in [7, 11) is 0. The van der Waals surface area contributed by atoms with Crippen LogP contribution in [0.5, 0.6) is 11.5 Å². The number of ether oxygens (including phenoxy) is 2. The van der Waals surface area contributed by atoms with Gasteiger partial charge in [0.15, 0.2) is 5.69 Å². The second-order valence-electron chi connectivity index (χ2n) is 6.22. The van der Waals surface area contributed by atoms with Crippen molar-refractivity contribution in [2.75, 3.05) is 13.2 Å². The number of nitrogens with zero attached hydrogens (tertiary/aromatic N) is 1. The summed E-state index contributed by atoms with van der Waals surface area (Å²) in [4.78, 5) is 15.0. The van der Waals surface area contributed by atoms with Crippen LogP contribution in [0.15, 0.2) is 41.8 Å². The Bertz CT molecular complexity index is 947. The van der Waals surface area contributed by atoms with E-state index < -0.39 is 5.97 Å². The second-order valence-corrected chi connectivity index (χ2v) is 7.08. The molecule has 140 valence electrons. The van der Waals surface area contributed by atoms with Gasteiger partial charge in [-0.05, 0) is 61.7 Å². The number of carboxylic acid groups (broad SMARTS) is 1. The molecule has 2 aromatic carbocycles. The SMILES string of the molecule is Cc1ccc(C)c(OCCOc2ccc(-c3nc(C(=O)O)cs3)cc2)c1C. The molecule has 0 aliphatic carbocycles. The summed E-state index contributed by atoms with van der Waals surface area (Å²) in [5, 5.41) is 11.2. The normalized spacial score (nSPS) is 10.6. The molecular weight excluding hydrogens is 362 g/mol. The topological polar surface area (TPSA) is 68.7 Å². The molecule has 0 atom stereocenters. The predicted octanol–water partition coefficient (Wildman–Crippen LogP) is 4.89. The van der Waals surface area contributed by atoms with Gasteiger partial charge < -0.3 is 14.6 Å². The van der Waals surface area contributed by atoms with Crippen LogP contribution in [0.4, 0.5) is 0 Å². The van der Waals surface area contributed by atoms with E-state index in [1.165, 1.54) is 22.3 Å². The van der Waals surface area contributed by atoms with Crippen molar-refractivity contribution < 1.29 is 19.4 Å². The van der Waals surface area contributed by atoms with Gasteiger partial charge in [0, 0.05) is 10.9 Å². The summed E-state index contributed by atoms with van der Waals surface area (Å²) in [6, 6.07) is 11.6. The first-order valence-corrected chi connectivity index (χ1v) is 9.45. The molecule has 0 unspecified atom stereocenters. The highest BCUT2D eigenvalue weighted by atomic mass is 32.1. The number of carbonyl (C=O) groups is 1. The monoisotopic (exact) mass is 383 g/mol. The fourth-order valence-electron chi connectivity index (χ4n) is 2.65. The van der Waals surface area contributed by atoms with Crippen LogP contribution in [0.25, 0.3) is 10.6 Å². The molecule has 0 radical (unpaired) electrons. The molecule has 1 aromatic heterocycles. The Labute approximate surface area is 162 Å². The third-order valence-corrected chi connectivity index (χ3v) is 5.19. The average molecular weight is 383 g/mol. The van der Waals surface area contributed by atoms with Gasteiger partial charge in [-0.2, -0.15) is 0 Å². The van der Waals surface area contributed by atoms with Gasteiger partial charge in [-0.25, -0.2) is 9.78 Å². The molecular formula is C21H21NO4S. The van der Waals surface area contributed by atoms with Crippen LogP contribution < -0.4 is 9.47 Å². The Balaban J connectivity index is 1.55. The van der Waals surface area contributed by atoms with Crippen molar-refractivity contribution in [2.24, 2.45) is 0 Å². The molecule has 0 bridgehead atoms. The van der Waals surface area contributed by atoms with Gasteiger partial charge in [0.25, 0.3) is 0 Å². The quantitative estimate of drug-likeness (QED) is 0.588. The highest BCUT2D eigenvalue weighted by Crippen LogP contribution is 2.27. The number of aryl methyl sites for hydroxylation is 2. The van der Waals surface area contributed by atoms with Gasteiger partial charge in [-0.15, -0.1) is 11.3 Å². The Morgan fingerprint density at radius 1 is 1.00 bits per heavy atom. The maximum atomic E-state index is 10.9. The first-order chi connectivity index (χ1) is 13.0. The van der Waals surface area contributed by atoms with Crippen LogP contribution in [0.2, 0.25) is 0 Å². The van der Waals surface area contributed by atoms with Crippen LogP contribution in [-0.2, 0) is 0 Å². The molecule has 0 amide bonds. The van der Waals surface area contributed by atoms with Gasteiger partial charge in [-0.1, -0.05) is 12.1 Å². The zero-order valence-electron chi connectivity index (χ0n) is 15.5. The molecule has 0 fully saturated rings. The van der Waals surface area contributed by atoms with E-state index in [0.29, 0.717) is 18.2 Å². The number of aromatic carboxylic acids is 1. The number of hydrogen-bond acceptors (Lipinski definition) is 5. The Morgan fingerprint density at radius 3 is 2.33 bits per heavy atom. The van der Waals surface area contributed by atoms with E-state index in [4.69, 9.17) is 14.6 Å². The average Bonchev–Trinajstić information content (AvgIpc) is 3.15. The van der Waals surface area contributed by atoms with Crippen LogP contribution >= 0.6 is 11.3 Å². The van der Waals surface area contributed by atoms with E-state index >= 15 is 0 Å². The third-order valence-electron chi connectivity index (χ3n) is 4.30. The van der Waals surface area contributed by atoms with Crippen molar-refractivity contribution in [3.05, 3.63) is 64.2 Å². The second kappa shape index (κ2) is 8.22. The molecule has 1 heterocycles. The molecule has 0 saturated heterocycles. The zero-order chi connectivity index (χ0) is 19.4. The Morgan fingerprint density at radius 2 is 1.67 bits per heavy atom. The molecule has 27 heavy (non-hydrogen) atoms. The fourth-order valence-corrected chi connectivity index (χ4v) is 3.45. The van der Waals surface area contributed by atoms with Gasteiger partial charge in [0.2, 0.25) is 0 Å². The van der Waals surface area contributed by atoms with E-state index in [2.05, 4.69) is 31.0 Å². The van der Waals surface area contributed by atoms with Crippen molar-refractivity contribution in [1.82, 2.24) is 4.98 Å². The number of thiazole rings is 1. The molecule has 0 spiro atoms. The number of carboxylic acids is 1. The minimum Gasteiger partial charge on any atom is -0.490 e. The molecule has 0 aliphatic rings. The van der Waals surface area contributed by atoms with Crippen molar-refractivity contribution in [3.8, 4) is 22.1 Å². The number of hydrogen-bond donors (Lipinski definition) is 1. The van der Waals surface area contributed by atoms with Gasteiger partial charge >= 0.3 is 5.97 Å². The molecule has 0 aliphatic heterocycles. The molecule has 0 saturated carbocycles. The van der Waals surface area contributed by atoms with Crippen molar-refractivity contribution >= 4 is 17.3 Å². The number of rotatable bonds is 7. The molecule has 3 aromatic rings. The number of benzene rings is 2. The van der Waals surface area contributed by atoms with E-state index in [0.717, 1.165) is 28.2 Å². The van der Waals surface area contributed by atoms with Gasteiger partial charge in [0.1, 0.15) is 29.7 Å². The Hall–Kier alpha value is -2.86. The van der Waals surface area contributed by atoms with Gasteiger partial charge in [0.05, 0.1) is 0 Å². The summed E-state index contributed by atoms with van der Waals surface area (Å²) in [6.45, 7) is 7.07. The number of aromatic nitrogens is 1. The third kappa shape index (κ3) is 4.46. The molecule has 3 rings (SSSR count). The maximum Gasteiger partial charge on any atom is 0.355 e. The Kier molecular flexibility index (Phi) is 5.76. The zero-order valence-corrected chi connectivity index (χ0v) is 16.3. The molecule has 5 nitrogen and oxygen atoms in total. The minimum absolute atomic E-state index is 0.0641. The molecule has 6 heteroatoms. The van der Waals surface area contributed by atoms with Crippen molar-refractivity contribution in [2.45, 2.75) is 20.8 Å². The maximum absolute atomic E-state index is 10.9. The minimum atomic E-state index is -1.02.